The highest BCUT2D eigenvalue weighted by Gasteiger charge is 2.25. The molecule has 6 nitrogen and oxygen atoms in total. The maximum Gasteiger partial charge on any atom is 0.238 e. The van der Waals surface area contributed by atoms with Gasteiger partial charge in [-0.15, -0.1) is 0 Å². The molecular weight excluding hydrogens is 311 g/mol. The first-order valence-electron chi connectivity index (χ1n) is 6.61. The summed E-state index contributed by atoms with van der Waals surface area (Å²) in [6.07, 6.45) is 1.18. The van der Waals surface area contributed by atoms with Crippen molar-refractivity contribution in [1.82, 2.24) is 5.32 Å². The van der Waals surface area contributed by atoms with Gasteiger partial charge in [0.2, 0.25) is 11.8 Å². The van der Waals surface area contributed by atoms with Gasteiger partial charge in [-0.3, -0.25) is 9.59 Å². The third-order valence-corrected chi connectivity index (χ3v) is 4.83. The van der Waals surface area contributed by atoms with Crippen LogP contribution in [0.15, 0.2) is 24.3 Å². The van der Waals surface area contributed by atoms with E-state index in [1.165, 1.54) is 31.2 Å². The molecule has 0 heterocycles. The van der Waals surface area contributed by atoms with Crippen LogP contribution >= 0.6 is 0 Å². The Kier molecular flexibility index (Phi) is 6.04. The molecule has 0 unspecified atom stereocenters. The van der Waals surface area contributed by atoms with E-state index in [1.807, 2.05) is 0 Å². The zero-order valence-electron chi connectivity index (χ0n) is 12.4. The van der Waals surface area contributed by atoms with E-state index in [0.29, 0.717) is 5.56 Å². The predicted molar refractivity (Wildman–Crippen MR) is 80.1 cm³/mol. The minimum atomic E-state index is -3.50. The van der Waals surface area contributed by atoms with Gasteiger partial charge in [-0.25, -0.2) is 12.8 Å². The van der Waals surface area contributed by atoms with Crippen molar-refractivity contribution in [1.29, 1.82) is 0 Å². The van der Waals surface area contributed by atoms with Crippen LogP contribution in [0.2, 0.25) is 0 Å². The second kappa shape index (κ2) is 7.35. The summed E-state index contributed by atoms with van der Waals surface area (Å²) in [5, 5.41) is 1.21. The largest absolute Gasteiger partial charge is 0.369 e. The fourth-order valence-corrected chi connectivity index (χ4v) is 2.21. The topological polar surface area (TPSA) is 106 Å². The number of carbonyl (C=O) groups is 2. The number of benzene rings is 1. The average Bonchev–Trinajstić information content (AvgIpc) is 2.42. The van der Waals surface area contributed by atoms with Crippen molar-refractivity contribution >= 4 is 21.7 Å². The molecule has 0 spiro atoms. The van der Waals surface area contributed by atoms with E-state index >= 15 is 0 Å². The number of rotatable bonds is 7. The maximum absolute atomic E-state index is 12.8. The van der Waals surface area contributed by atoms with Crippen molar-refractivity contribution < 1.29 is 22.4 Å². The monoisotopic (exact) mass is 330 g/mol. The quantitative estimate of drug-likeness (QED) is 0.735. The molecule has 0 fully saturated rings. The van der Waals surface area contributed by atoms with Gasteiger partial charge in [0, 0.05) is 12.8 Å². The van der Waals surface area contributed by atoms with Crippen LogP contribution in [0, 0.1) is 11.7 Å². The van der Waals surface area contributed by atoms with Gasteiger partial charge in [0.25, 0.3) is 0 Å². The van der Waals surface area contributed by atoms with Gasteiger partial charge in [0.1, 0.15) is 11.1 Å². The summed E-state index contributed by atoms with van der Waals surface area (Å²) < 4.78 is 35.4. The third kappa shape index (κ3) is 5.44. The molecule has 0 aromatic heterocycles. The molecule has 0 bridgehead atoms. The molecule has 0 radical (unpaired) electrons. The summed E-state index contributed by atoms with van der Waals surface area (Å²) in [6.45, 7) is 1.19. The van der Waals surface area contributed by atoms with Crippen LogP contribution < -0.4 is 11.1 Å². The molecule has 1 aromatic carbocycles. The SMILES string of the molecule is C[C@@H](C(=O)NC[C@H](Cc1ccc(F)cc1)C(N)=O)S(C)(=O)=O. The van der Waals surface area contributed by atoms with Gasteiger partial charge < -0.3 is 11.1 Å². The van der Waals surface area contributed by atoms with Gasteiger partial charge >= 0.3 is 0 Å². The zero-order valence-corrected chi connectivity index (χ0v) is 13.2. The second-order valence-corrected chi connectivity index (χ2v) is 7.51. The summed E-state index contributed by atoms with van der Waals surface area (Å²) in [4.78, 5) is 23.2. The van der Waals surface area contributed by atoms with E-state index in [9.17, 15) is 22.4 Å². The van der Waals surface area contributed by atoms with E-state index in [2.05, 4.69) is 5.32 Å². The number of carbonyl (C=O) groups excluding carboxylic acids is 2. The van der Waals surface area contributed by atoms with Crippen molar-refractivity contribution in [2.45, 2.75) is 18.6 Å². The fraction of sp³-hybridized carbons (Fsp3) is 0.429. The number of nitrogens with one attached hydrogen (secondary N) is 1. The molecule has 22 heavy (non-hydrogen) atoms. The number of hydrogen-bond acceptors (Lipinski definition) is 4. The van der Waals surface area contributed by atoms with Gasteiger partial charge in [-0.05, 0) is 31.0 Å². The Balaban J connectivity index is 2.67. The predicted octanol–water partition coefficient (Wildman–Crippen LogP) is 0.0190. The van der Waals surface area contributed by atoms with Crippen molar-refractivity contribution in [3.63, 3.8) is 0 Å². The molecule has 2 amide bonds. The molecular formula is C14H19FN2O4S. The summed E-state index contributed by atoms with van der Waals surface area (Å²) >= 11 is 0. The second-order valence-electron chi connectivity index (χ2n) is 5.15. The first-order valence-corrected chi connectivity index (χ1v) is 8.57. The first-order chi connectivity index (χ1) is 10.1. The van der Waals surface area contributed by atoms with Gasteiger partial charge in [0.05, 0.1) is 5.92 Å². The Labute approximate surface area is 128 Å². The normalized spacial score (nSPS) is 14.1. The van der Waals surface area contributed by atoms with Crippen LogP contribution in [-0.2, 0) is 25.8 Å². The van der Waals surface area contributed by atoms with E-state index in [0.717, 1.165) is 6.26 Å². The molecule has 0 saturated heterocycles. The molecule has 0 saturated carbocycles. The lowest BCUT2D eigenvalue weighted by molar-refractivity contribution is -0.123. The molecule has 0 aliphatic carbocycles. The number of nitrogens with two attached hydrogens (primary N) is 1. The van der Waals surface area contributed by atoms with E-state index in [4.69, 9.17) is 5.73 Å². The van der Waals surface area contributed by atoms with Gasteiger partial charge in [0.15, 0.2) is 9.84 Å². The number of primary amides is 1. The summed E-state index contributed by atoms with van der Waals surface area (Å²) in [7, 11) is -3.50. The van der Waals surface area contributed by atoms with E-state index in [1.54, 1.807) is 0 Å². The minimum Gasteiger partial charge on any atom is -0.369 e. The van der Waals surface area contributed by atoms with Crippen LogP contribution in [0.25, 0.3) is 0 Å². The van der Waals surface area contributed by atoms with Crippen LogP contribution in [0.3, 0.4) is 0 Å². The molecule has 0 aliphatic rings. The van der Waals surface area contributed by atoms with Gasteiger partial charge in [-0.1, -0.05) is 12.1 Å². The molecule has 3 N–H and O–H groups in total. The van der Waals surface area contributed by atoms with Crippen LogP contribution in [-0.4, -0.2) is 38.3 Å². The van der Waals surface area contributed by atoms with Gasteiger partial charge in [-0.2, -0.15) is 0 Å². The van der Waals surface area contributed by atoms with Crippen LogP contribution in [0.5, 0.6) is 0 Å². The maximum atomic E-state index is 12.8. The number of amides is 2. The summed E-state index contributed by atoms with van der Waals surface area (Å²) in [5.74, 6) is -2.42. The Morgan fingerprint density at radius 2 is 1.82 bits per heavy atom. The summed E-state index contributed by atoms with van der Waals surface area (Å²) in [6, 6.07) is 5.56. The highest BCUT2D eigenvalue weighted by molar-refractivity contribution is 7.92. The van der Waals surface area contributed by atoms with Crippen molar-refractivity contribution in [3.05, 3.63) is 35.6 Å². The van der Waals surface area contributed by atoms with E-state index < -0.39 is 38.6 Å². The number of sulfone groups is 1. The zero-order chi connectivity index (χ0) is 16.9. The minimum absolute atomic E-state index is 0.0780. The van der Waals surface area contributed by atoms with Crippen molar-refractivity contribution in [2.24, 2.45) is 11.7 Å². The van der Waals surface area contributed by atoms with Crippen molar-refractivity contribution in [2.75, 3.05) is 12.8 Å². The Hall–Kier alpha value is -1.96. The number of hydrogen-bond donors (Lipinski definition) is 2. The smallest absolute Gasteiger partial charge is 0.238 e. The molecule has 0 aliphatic heterocycles. The average molecular weight is 330 g/mol. The lowest BCUT2D eigenvalue weighted by atomic mass is 9.98. The fourth-order valence-electron chi connectivity index (χ4n) is 1.74. The number of halogens is 1. The Morgan fingerprint density at radius 3 is 2.27 bits per heavy atom. The highest BCUT2D eigenvalue weighted by atomic mass is 32.2. The molecule has 122 valence electrons. The van der Waals surface area contributed by atoms with E-state index in [-0.39, 0.29) is 13.0 Å². The Morgan fingerprint density at radius 1 is 1.27 bits per heavy atom. The molecule has 1 rings (SSSR count). The van der Waals surface area contributed by atoms with Crippen LogP contribution in [0.4, 0.5) is 4.39 Å². The molecule has 8 heteroatoms. The summed E-state index contributed by atoms with van der Waals surface area (Å²) in [5.41, 5.74) is 5.97. The highest BCUT2D eigenvalue weighted by Crippen LogP contribution is 2.10. The molecule has 2 atom stereocenters. The standard InChI is InChI=1S/C14H19FN2O4S/c1-9(22(2,20)21)14(19)17-8-11(13(16)18)7-10-3-5-12(15)6-4-10/h3-6,9,11H,7-8H2,1-2H3,(H2,16,18)(H,17,19)/t9-,11-/m0/s1. The van der Waals surface area contributed by atoms with Crippen LogP contribution in [0.1, 0.15) is 12.5 Å². The Bertz CT molecular complexity index is 643. The third-order valence-electron chi connectivity index (χ3n) is 3.33. The molecule has 1 aromatic rings. The van der Waals surface area contributed by atoms with Crippen molar-refractivity contribution in [3.8, 4) is 0 Å². The first kappa shape index (κ1) is 18.1. The lowest BCUT2D eigenvalue weighted by Gasteiger charge is -2.16. The lowest BCUT2D eigenvalue weighted by Crippen LogP contribution is -2.42.